The van der Waals surface area contributed by atoms with Crippen molar-refractivity contribution >= 4 is 11.6 Å². The van der Waals surface area contributed by atoms with E-state index in [1.807, 2.05) is 13.8 Å². The normalized spacial score (nSPS) is 10.7. The summed E-state index contributed by atoms with van der Waals surface area (Å²) in [5.74, 6) is 1.43. The molecule has 1 aromatic heterocycles. The molecule has 0 unspecified atom stereocenters. The van der Waals surface area contributed by atoms with E-state index in [0.717, 1.165) is 0 Å². The number of nitrogens with one attached hydrogen (secondary N) is 2. The molecule has 102 valence electrons. The van der Waals surface area contributed by atoms with E-state index in [2.05, 4.69) is 20.6 Å². The number of anilines is 2. The van der Waals surface area contributed by atoms with Crippen molar-refractivity contribution in [1.29, 1.82) is 0 Å². The van der Waals surface area contributed by atoms with Crippen molar-refractivity contribution in [1.82, 2.24) is 9.97 Å². The molecular weight excluding hydrogens is 242 g/mol. The summed E-state index contributed by atoms with van der Waals surface area (Å²) in [5, 5.41) is 5.58. The number of aromatic nitrogens is 2. The Bertz CT molecular complexity index is 363. The molecule has 0 aromatic carbocycles. The fraction of sp³-hybridized carbons (Fsp3) is 0.636. The number of ether oxygens (including phenoxy) is 1. The zero-order chi connectivity index (χ0) is 13.4. The SMILES string of the molecule is CCNc1cc(NCC(F)F)nc(COCC)n1. The van der Waals surface area contributed by atoms with E-state index in [-0.39, 0.29) is 6.61 Å². The number of rotatable bonds is 8. The second-order valence-electron chi connectivity index (χ2n) is 3.49. The Kier molecular flexibility index (Phi) is 6.27. The molecule has 0 aliphatic carbocycles. The number of hydrogen-bond acceptors (Lipinski definition) is 5. The molecule has 0 atom stereocenters. The molecule has 7 heteroatoms. The Balaban J connectivity index is 2.76. The van der Waals surface area contributed by atoms with Gasteiger partial charge in [0, 0.05) is 19.2 Å². The second kappa shape index (κ2) is 7.75. The second-order valence-corrected chi connectivity index (χ2v) is 3.49. The van der Waals surface area contributed by atoms with Crippen LogP contribution in [0.4, 0.5) is 20.4 Å². The molecule has 2 N–H and O–H groups in total. The zero-order valence-electron chi connectivity index (χ0n) is 10.5. The minimum Gasteiger partial charge on any atom is -0.374 e. The van der Waals surface area contributed by atoms with Crippen molar-refractivity contribution < 1.29 is 13.5 Å². The van der Waals surface area contributed by atoms with Crippen LogP contribution in [0.2, 0.25) is 0 Å². The van der Waals surface area contributed by atoms with Crippen LogP contribution in [0.15, 0.2) is 6.07 Å². The van der Waals surface area contributed by atoms with Crippen LogP contribution in [-0.2, 0) is 11.3 Å². The summed E-state index contributed by atoms with van der Waals surface area (Å²) in [6.45, 7) is 4.87. The lowest BCUT2D eigenvalue weighted by Crippen LogP contribution is -2.14. The van der Waals surface area contributed by atoms with Gasteiger partial charge in [-0.15, -0.1) is 0 Å². The van der Waals surface area contributed by atoms with Gasteiger partial charge in [-0.1, -0.05) is 0 Å². The van der Waals surface area contributed by atoms with Gasteiger partial charge >= 0.3 is 0 Å². The van der Waals surface area contributed by atoms with Crippen molar-refractivity contribution in [3.05, 3.63) is 11.9 Å². The van der Waals surface area contributed by atoms with E-state index < -0.39 is 13.0 Å². The predicted octanol–water partition coefficient (Wildman–Crippen LogP) is 2.12. The van der Waals surface area contributed by atoms with E-state index in [4.69, 9.17) is 4.74 Å². The molecule has 1 rings (SSSR count). The van der Waals surface area contributed by atoms with Crippen molar-refractivity contribution in [2.75, 3.05) is 30.3 Å². The van der Waals surface area contributed by atoms with Gasteiger partial charge in [0.25, 0.3) is 6.43 Å². The van der Waals surface area contributed by atoms with Crippen molar-refractivity contribution in [2.24, 2.45) is 0 Å². The summed E-state index contributed by atoms with van der Waals surface area (Å²) in [5.41, 5.74) is 0. The Morgan fingerprint density at radius 1 is 1.22 bits per heavy atom. The largest absolute Gasteiger partial charge is 0.374 e. The van der Waals surface area contributed by atoms with Gasteiger partial charge in [0.15, 0.2) is 5.82 Å². The number of alkyl halides is 2. The van der Waals surface area contributed by atoms with Gasteiger partial charge in [-0.05, 0) is 13.8 Å². The summed E-state index contributed by atoms with van der Waals surface area (Å²) in [4.78, 5) is 8.32. The van der Waals surface area contributed by atoms with Crippen molar-refractivity contribution in [3.8, 4) is 0 Å². The molecule has 0 fully saturated rings. The smallest absolute Gasteiger partial charge is 0.255 e. The van der Waals surface area contributed by atoms with E-state index in [1.165, 1.54) is 0 Å². The number of nitrogens with zero attached hydrogens (tertiary/aromatic N) is 2. The zero-order valence-corrected chi connectivity index (χ0v) is 10.5. The predicted molar refractivity (Wildman–Crippen MR) is 66.0 cm³/mol. The first-order chi connectivity index (χ1) is 8.65. The van der Waals surface area contributed by atoms with Gasteiger partial charge in [-0.2, -0.15) is 0 Å². The highest BCUT2D eigenvalue weighted by Gasteiger charge is 2.07. The minimum absolute atomic E-state index is 0.263. The molecular formula is C11H18F2N4O. The molecule has 1 heterocycles. The third kappa shape index (κ3) is 5.22. The maximum absolute atomic E-state index is 12.1. The molecule has 18 heavy (non-hydrogen) atoms. The average Bonchev–Trinajstić information content (AvgIpc) is 2.34. The summed E-state index contributed by atoms with van der Waals surface area (Å²) < 4.78 is 29.5. The Hall–Kier alpha value is -1.50. The van der Waals surface area contributed by atoms with Gasteiger partial charge in [-0.3, -0.25) is 0 Å². The monoisotopic (exact) mass is 260 g/mol. The average molecular weight is 260 g/mol. The minimum atomic E-state index is -2.42. The van der Waals surface area contributed by atoms with E-state index in [0.29, 0.717) is 30.6 Å². The molecule has 0 bridgehead atoms. The molecule has 0 saturated heterocycles. The molecule has 0 spiro atoms. The van der Waals surface area contributed by atoms with Crippen LogP contribution in [0.3, 0.4) is 0 Å². The highest BCUT2D eigenvalue weighted by atomic mass is 19.3. The molecule has 0 aliphatic rings. The topological polar surface area (TPSA) is 59.1 Å². The highest BCUT2D eigenvalue weighted by molar-refractivity contribution is 5.47. The molecule has 0 saturated carbocycles. The van der Waals surface area contributed by atoms with E-state index in [9.17, 15) is 8.78 Å². The molecule has 5 nitrogen and oxygen atoms in total. The van der Waals surface area contributed by atoms with Crippen LogP contribution in [0, 0.1) is 0 Å². The van der Waals surface area contributed by atoms with Gasteiger partial charge in [0.1, 0.15) is 18.2 Å². The van der Waals surface area contributed by atoms with Crippen LogP contribution in [0.1, 0.15) is 19.7 Å². The lowest BCUT2D eigenvalue weighted by atomic mass is 10.4. The first kappa shape index (κ1) is 14.6. The third-order valence-electron chi connectivity index (χ3n) is 2.00. The van der Waals surface area contributed by atoms with E-state index >= 15 is 0 Å². The van der Waals surface area contributed by atoms with Crippen LogP contribution >= 0.6 is 0 Å². The van der Waals surface area contributed by atoms with Gasteiger partial charge in [0.2, 0.25) is 0 Å². The number of halogens is 2. The van der Waals surface area contributed by atoms with Crippen molar-refractivity contribution in [2.45, 2.75) is 26.9 Å². The van der Waals surface area contributed by atoms with Crippen LogP contribution < -0.4 is 10.6 Å². The lowest BCUT2D eigenvalue weighted by Gasteiger charge is -2.10. The number of hydrogen-bond donors (Lipinski definition) is 2. The molecule has 0 amide bonds. The summed E-state index contributed by atoms with van der Waals surface area (Å²) in [6, 6.07) is 1.60. The van der Waals surface area contributed by atoms with Crippen LogP contribution in [0.25, 0.3) is 0 Å². The van der Waals surface area contributed by atoms with Gasteiger partial charge in [-0.25, -0.2) is 18.7 Å². The molecule has 0 aliphatic heterocycles. The standard InChI is InChI=1S/C11H18F2N4O/c1-3-14-9-5-10(15-6-8(12)13)17-11(16-9)7-18-4-2/h5,8H,3-4,6-7H2,1-2H3,(H2,14,15,16,17). The molecule has 0 radical (unpaired) electrons. The summed E-state index contributed by atoms with van der Waals surface area (Å²) in [7, 11) is 0. The summed E-state index contributed by atoms with van der Waals surface area (Å²) in [6.07, 6.45) is -2.42. The fourth-order valence-electron chi connectivity index (χ4n) is 1.30. The van der Waals surface area contributed by atoms with E-state index in [1.54, 1.807) is 6.07 Å². The maximum atomic E-state index is 12.1. The first-order valence-corrected chi connectivity index (χ1v) is 5.87. The van der Waals surface area contributed by atoms with Gasteiger partial charge < -0.3 is 15.4 Å². The maximum Gasteiger partial charge on any atom is 0.255 e. The first-order valence-electron chi connectivity index (χ1n) is 5.87. The Morgan fingerprint density at radius 2 is 1.89 bits per heavy atom. The van der Waals surface area contributed by atoms with Gasteiger partial charge in [0.05, 0.1) is 6.54 Å². The third-order valence-corrected chi connectivity index (χ3v) is 2.00. The lowest BCUT2D eigenvalue weighted by molar-refractivity contribution is 0.128. The molecule has 1 aromatic rings. The Morgan fingerprint density at radius 3 is 2.44 bits per heavy atom. The fourth-order valence-corrected chi connectivity index (χ4v) is 1.30. The highest BCUT2D eigenvalue weighted by Crippen LogP contribution is 2.12. The van der Waals surface area contributed by atoms with Crippen LogP contribution in [0.5, 0.6) is 0 Å². The van der Waals surface area contributed by atoms with Crippen molar-refractivity contribution in [3.63, 3.8) is 0 Å². The quantitative estimate of drug-likeness (QED) is 0.749. The Labute approximate surface area is 105 Å². The summed E-state index contributed by atoms with van der Waals surface area (Å²) >= 11 is 0. The van der Waals surface area contributed by atoms with Crippen LogP contribution in [-0.4, -0.2) is 36.1 Å².